The molecule has 0 spiro atoms. The first-order valence-electron chi connectivity index (χ1n) is 7.49. The molecule has 3 N–H and O–H groups in total. The monoisotopic (exact) mass is 315 g/mol. The van der Waals surface area contributed by atoms with E-state index < -0.39 is 5.97 Å². The summed E-state index contributed by atoms with van der Waals surface area (Å²) in [7, 11) is 0. The summed E-state index contributed by atoms with van der Waals surface area (Å²) in [6.07, 6.45) is -0.344. The van der Waals surface area contributed by atoms with Crippen molar-refractivity contribution in [3.05, 3.63) is 71.8 Å². The van der Waals surface area contributed by atoms with Crippen LogP contribution in [-0.2, 0) is 9.53 Å². The molecule has 2 aromatic carbocycles. The minimum atomic E-state index is -0.966. The topological polar surface area (TPSA) is 72.6 Å². The van der Waals surface area contributed by atoms with Crippen LogP contribution in [-0.4, -0.2) is 23.2 Å². The summed E-state index contributed by atoms with van der Waals surface area (Å²) in [5, 5.41) is 8.73. The highest BCUT2D eigenvalue weighted by atomic mass is 16.5. The molecule has 2 aromatic rings. The summed E-state index contributed by atoms with van der Waals surface area (Å²) in [6.45, 7) is 5.58. The fourth-order valence-corrected chi connectivity index (χ4v) is 1.80. The van der Waals surface area contributed by atoms with Crippen LogP contribution in [0.25, 0.3) is 0 Å². The van der Waals surface area contributed by atoms with Crippen LogP contribution >= 0.6 is 0 Å². The Kier molecular flexibility index (Phi) is 7.45. The highest BCUT2D eigenvalue weighted by Gasteiger charge is 2.15. The highest BCUT2D eigenvalue weighted by molar-refractivity contribution is 5.68. The van der Waals surface area contributed by atoms with E-state index >= 15 is 0 Å². The van der Waals surface area contributed by atoms with Crippen LogP contribution in [0.5, 0.6) is 0 Å². The lowest BCUT2D eigenvalue weighted by atomic mass is 10.0. The van der Waals surface area contributed by atoms with E-state index in [1.165, 1.54) is 0 Å². The summed E-state index contributed by atoms with van der Waals surface area (Å²) < 4.78 is 5.48. The van der Waals surface area contributed by atoms with Gasteiger partial charge in [-0.3, -0.25) is 0 Å². The van der Waals surface area contributed by atoms with Crippen LogP contribution in [0.2, 0.25) is 0 Å². The van der Waals surface area contributed by atoms with Crippen molar-refractivity contribution in [2.45, 2.75) is 32.4 Å². The lowest BCUT2D eigenvalue weighted by Crippen LogP contribution is -2.26. The average Bonchev–Trinajstić information content (AvgIpc) is 2.48. The number of carboxylic acids is 1. The first-order valence-corrected chi connectivity index (χ1v) is 7.49. The van der Waals surface area contributed by atoms with E-state index in [2.05, 4.69) is 0 Å². The zero-order valence-corrected chi connectivity index (χ0v) is 13.9. The van der Waals surface area contributed by atoms with Gasteiger partial charge in [-0.05, 0) is 31.9 Å². The lowest BCUT2D eigenvalue weighted by molar-refractivity contribution is -0.143. The maximum atomic E-state index is 10.6. The van der Waals surface area contributed by atoms with E-state index in [4.69, 9.17) is 15.6 Å². The number of rotatable bonds is 5. The standard InChI is InChI=1S/C15H14O3.C4H11N/c16-14(17)11-18-15(12-7-3-1-4-8-12)13-9-5-2-6-10-13;1-4(2,3)5/h1-10,15H,11H2,(H,16,17);5H2,1-3H3. The fourth-order valence-electron chi connectivity index (χ4n) is 1.80. The van der Waals surface area contributed by atoms with Gasteiger partial charge in [-0.25, -0.2) is 4.79 Å². The Labute approximate surface area is 137 Å². The molecule has 0 heterocycles. The molecule has 4 heteroatoms. The normalized spacial score (nSPS) is 10.8. The average molecular weight is 315 g/mol. The van der Waals surface area contributed by atoms with Crippen molar-refractivity contribution in [1.29, 1.82) is 0 Å². The van der Waals surface area contributed by atoms with Gasteiger partial charge in [0.25, 0.3) is 0 Å². The third-order valence-electron chi connectivity index (χ3n) is 2.58. The highest BCUT2D eigenvalue weighted by Crippen LogP contribution is 2.25. The molecule has 4 nitrogen and oxygen atoms in total. The van der Waals surface area contributed by atoms with Crippen molar-refractivity contribution >= 4 is 5.97 Å². The van der Waals surface area contributed by atoms with Crippen molar-refractivity contribution in [2.75, 3.05) is 6.61 Å². The van der Waals surface area contributed by atoms with Crippen molar-refractivity contribution in [2.24, 2.45) is 5.73 Å². The third-order valence-corrected chi connectivity index (χ3v) is 2.58. The van der Waals surface area contributed by atoms with Crippen LogP contribution in [0.1, 0.15) is 38.0 Å². The molecule has 0 aliphatic rings. The van der Waals surface area contributed by atoms with Crippen molar-refractivity contribution in [3.8, 4) is 0 Å². The molecule has 0 aromatic heterocycles. The number of nitrogens with two attached hydrogens (primary N) is 1. The second-order valence-corrected chi connectivity index (χ2v) is 6.27. The van der Waals surface area contributed by atoms with E-state index in [1.807, 2.05) is 81.4 Å². The molecule has 0 bridgehead atoms. The van der Waals surface area contributed by atoms with Gasteiger partial charge in [0.1, 0.15) is 12.7 Å². The van der Waals surface area contributed by atoms with E-state index in [0.29, 0.717) is 0 Å². The Morgan fingerprint density at radius 3 is 1.65 bits per heavy atom. The van der Waals surface area contributed by atoms with Gasteiger partial charge in [0, 0.05) is 5.54 Å². The number of hydrogen-bond donors (Lipinski definition) is 2. The molecule has 0 saturated carbocycles. The Balaban J connectivity index is 0.000000463. The molecule has 0 amide bonds. The largest absolute Gasteiger partial charge is 0.480 e. The summed E-state index contributed by atoms with van der Waals surface area (Å²) in [5.41, 5.74) is 7.25. The summed E-state index contributed by atoms with van der Waals surface area (Å²) in [4.78, 5) is 10.6. The molecule has 2 rings (SSSR count). The summed E-state index contributed by atoms with van der Waals surface area (Å²) in [6, 6.07) is 19.2. The molecular weight excluding hydrogens is 290 g/mol. The summed E-state index contributed by atoms with van der Waals surface area (Å²) in [5.74, 6) is -0.966. The molecule has 0 atom stereocenters. The number of carboxylic acid groups (broad SMARTS) is 1. The van der Waals surface area contributed by atoms with Crippen LogP contribution in [0.15, 0.2) is 60.7 Å². The Morgan fingerprint density at radius 2 is 1.35 bits per heavy atom. The molecule has 124 valence electrons. The first kappa shape index (κ1) is 18.9. The number of ether oxygens (including phenoxy) is 1. The van der Waals surface area contributed by atoms with Gasteiger partial charge in [0.2, 0.25) is 0 Å². The van der Waals surface area contributed by atoms with Crippen molar-refractivity contribution in [3.63, 3.8) is 0 Å². The minimum Gasteiger partial charge on any atom is -0.480 e. The predicted octanol–water partition coefficient (Wildman–Crippen LogP) is 3.62. The minimum absolute atomic E-state index is 0. The van der Waals surface area contributed by atoms with Gasteiger partial charge in [0.05, 0.1) is 0 Å². The van der Waals surface area contributed by atoms with Crippen molar-refractivity contribution in [1.82, 2.24) is 0 Å². The Morgan fingerprint density at radius 1 is 1.00 bits per heavy atom. The number of benzene rings is 2. The van der Waals surface area contributed by atoms with E-state index in [-0.39, 0.29) is 18.2 Å². The molecule has 0 unspecified atom stereocenters. The van der Waals surface area contributed by atoms with Gasteiger partial charge in [-0.15, -0.1) is 0 Å². The molecular formula is C19H25NO3. The van der Waals surface area contributed by atoms with Crippen LogP contribution < -0.4 is 5.73 Å². The first-order chi connectivity index (χ1) is 10.8. The molecule has 0 aliphatic heterocycles. The Hall–Kier alpha value is -2.17. The Bertz CT molecular complexity index is 531. The molecule has 0 aliphatic carbocycles. The van der Waals surface area contributed by atoms with Crippen LogP contribution in [0, 0.1) is 0 Å². The molecule has 0 saturated heterocycles. The number of aliphatic carboxylic acids is 1. The smallest absolute Gasteiger partial charge is 0.329 e. The van der Waals surface area contributed by atoms with Gasteiger partial charge in [-0.1, -0.05) is 60.7 Å². The van der Waals surface area contributed by atoms with Crippen LogP contribution in [0.3, 0.4) is 0 Å². The molecule has 23 heavy (non-hydrogen) atoms. The quantitative estimate of drug-likeness (QED) is 0.884. The van der Waals surface area contributed by atoms with Crippen LogP contribution in [0.4, 0.5) is 0 Å². The SMILES string of the molecule is CC(C)(C)N.O=C(O)COC(c1ccccc1)c1ccccc1. The number of carbonyl (C=O) groups is 1. The van der Waals surface area contributed by atoms with E-state index in [9.17, 15) is 4.79 Å². The summed E-state index contributed by atoms with van der Waals surface area (Å²) >= 11 is 0. The van der Waals surface area contributed by atoms with Gasteiger partial charge >= 0.3 is 5.97 Å². The maximum Gasteiger partial charge on any atom is 0.329 e. The van der Waals surface area contributed by atoms with Crippen molar-refractivity contribution < 1.29 is 14.6 Å². The molecule has 0 fully saturated rings. The van der Waals surface area contributed by atoms with E-state index in [1.54, 1.807) is 0 Å². The second kappa shape index (κ2) is 9.08. The zero-order chi connectivity index (χ0) is 17.3. The maximum absolute atomic E-state index is 10.6. The predicted molar refractivity (Wildman–Crippen MR) is 92.3 cm³/mol. The van der Waals surface area contributed by atoms with Gasteiger partial charge in [-0.2, -0.15) is 0 Å². The van der Waals surface area contributed by atoms with Gasteiger partial charge in [0.15, 0.2) is 0 Å². The fraction of sp³-hybridized carbons (Fsp3) is 0.316. The van der Waals surface area contributed by atoms with Gasteiger partial charge < -0.3 is 15.6 Å². The third kappa shape index (κ3) is 8.76. The second-order valence-electron chi connectivity index (χ2n) is 6.27. The lowest BCUT2D eigenvalue weighted by Gasteiger charge is -2.17. The zero-order valence-electron chi connectivity index (χ0n) is 13.9. The molecule has 0 radical (unpaired) electrons. The van der Waals surface area contributed by atoms with E-state index in [0.717, 1.165) is 11.1 Å². The number of hydrogen-bond acceptors (Lipinski definition) is 3.